The minimum atomic E-state index is 0.621. The van der Waals surface area contributed by atoms with E-state index in [4.69, 9.17) is 0 Å². The second-order valence-corrected chi connectivity index (χ2v) is 7.81. The fourth-order valence-electron chi connectivity index (χ4n) is 3.71. The Labute approximate surface area is 117 Å². The average Bonchev–Trinajstić information content (AvgIpc) is 2.78. The van der Waals surface area contributed by atoms with Crippen molar-refractivity contribution in [3.63, 3.8) is 0 Å². The summed E-state index contributed by atoms with van der Waals surface area (Å²) >= 11 is 2.09. The van der Waals surface area contributed by atoms with Crippen LogP contribution in [0, 0.1) is 11.3 Å². The number of hydrogen-bond acceptors (Lipinski definition) is 3. The minimum Gasteiger partial charge on any atom is -0.315 e. The molecule has 2 fully saturated rings. The first-order chi connectivity index (χ1) is 8.70. The van der Waals surface area contributed by atoms with E-state index in [-0.39, 0.29) is 0 Å². The second kappa shape index (κ2) is 7.16. The molecule has 2 rings (SSSR count). The van der Waals surface area contributed by atoms with Crippen LogP contribution in [0.25, 0.3) is 0 Å². The molecule has 2 N–H and O–H groups in total. The highest BCUT2D eigenvalue weighted by molar-refractivity contribution is 7.99. The van der Waals surface area contributed by atoms with Crippen molar-refractivity contribution in [2.24, 2.45) is 11.3 Å². The normalized spacial score (nSPS) is 27.8. The van der Waals surface area contributed by atoms with Crippen LogP contribution in [0.1, 0.15) is 46.0 Å². The predicted molar refractivity (Wildman–Crippen MR) is 82.3 cm³/mol. The maximum absolute atomic E-state index is 3.77. The zero-order chi connectivity index (χ0) is 12.8. The summed E-state index contributed by atoms with van der Waals surface area (Å²) in [5.41, 5.74) is 0.621. The SMILES string of the molecule is CC(C)CC1(CNCC2CSCCN2)CCCC1. The Morgan fingerprint density at radius 3 is 2.72 bits per heavy atom. The lowest BCUT2D eigenvalue weighted by atomic mass is 9.78. The fraction of sp³-hybridized carbons (Fsp3) is 1.00. The van der Waals surface area contributed by atoms with Gasteiger partial charge in [-0.1, -0.05) is 26.7 Å². The molecule has 3 heteroatoms. The largest absolute Gasteiger partial charge is 0.315 e. The third-order valence-electron chi connectivity index (χ3n) is 4.39. The smallest absolute Gasteiger partial charge is 0.0283 e. The Balaban J connectivity index is 1.72. The predicted octanol–water partition coefficient (Wildman–Crippen LogP) is 2.89. The van der Waals surface area contributed by atoms with E-state index in [0.717, 1.165) is 12.5 Å². The molecule has 2 aliphatic rings. The van der Waals surface area contributed by atoms with Crippen molar-refractivity contribution < 1.29 is 0 Å². The molecule has 0 aromatic carbocycles. The van der Waals surface area contributed by atoms with Gasteiger partial charge >= 0.3 is 0 Å². The maximum atomic E-state index is 3.77. The molecule has 0 aromatic rings. The number of nitrogens with one attached hydrogen (secondary N) is 2. The van der Waals surface area contributed by atoms with Crippen LogP contribution in [0.4, 0.5) is 0 Å². The van der Waals surface area contributed by atoms with Crippen molar-refractivity contribution in [3.05, 3.63) is 0 Å². The fourth-order valence-corrected chi connectivity index (χ4v) is 4.66. The first-order valence-electron chi connectivity index (χ1n) is 7.72. The van der Waals surface area contributed by atoms with E-state index >= 15 is 0 Å². The van der Waals surface area contributed by atoms with Crippen molar-refractivity contribution in [1.82, 2.24) is 10.6 Å². The van der Waals surface area contributed by atoms with Gasteiger partial charge in [0.25, 0.3) is 0 Å². The Hall–Kier alpha value is 0.270. The van der Waals surface area contributed by atoms with E-state index in [0.29, 0.717) is 11.5 Å². The molecule has 1 saturated carbocycles. The van der Waals surface area contributed by atoms with E-state index < -0.39 is 0 Å². The molecule has 18 heavy (non-hydrogen) atoms. The molecule has 2 nitrogen and oxygen atoms in total. The van der Waals surface area contributed by atoms with Crippen molar-refractivity contribution >= 4 is 11.8 Å². The molecule has 0 amide bonds. The van der Waals surface area contributed by atoms with E-state index in [9.17, 15) is 0 Å². The van der Waals surface area contributed by atoms with Gasteiger partial charge in [-0.15, -0.1) is 0 Å². The summed E-state index contributed by atoms with van der Waals surface area (Å²) in [5.74, 6) is 3.41. The van der Waals surface area contributed by atoms with Gasteiger partial charge in [-0.3, -0.25) is 0 Å². The van der Waals surface area contributed by atoms with Crippen molar-refractivity contribution in [1.29, 1.82) is 0 Å². The van der Waals surface area contributed by atoms with Gasteiger partial charge in [0.05, 0.1) is 0 Å². The Morgan fingerprint density at radius 2 is 2.11 bits per heavy atom. The molecule has 0 spiro atoms. The van der Waals surface area contributed by atoms with Crippen molar-refractivity contribution in [2.75, 3.05) is 31.1 Å². The molecule has 0 radical (unpaired) electrons. The Bertz CT molecular complexity index is 231. The maximum Gasteiger partial charge on any atom is 0.0283 e. The first kappa shape index (κ1) is 14.7. The standard InChI is InChI=1S/C15H30N2S/c1-13(2)9-15(5-3-4-6-15)12-16-10-14-11-18-8-7-17-14/h13-14,16-17H,3-12H2,1-2H3. The van der Waals surface area contributed by atoms with E-state index in [1.165, 1.54) is 56.7 Å². The molecule has 106 valence electrons. The Kier molecular flexibility index (Phi) is 5.84. The summed E-state index contributed by atoms with van der Waals surface area (Å²) in [6, 6.07) is 0.696. The highest BCUT2D eigenvalue weighted by atomic mass is 32.2. The molecule has 1 saturated heterocycles. The second-order valence-electron chi connectivity index (χ2n) is 6.66. The summed E-state index contributed by atoms with van der Waals surface area (Å²) in [7, 11) is 0. The van der Waals surface area contributed by atoms with Crippen LogP contribution in [0.2, 0.25) is 0 Å². The average molecular weight is 270 g/mol. The monoisotopic (exact) mass is 270 g/mol. The van der Waals surface area contributed by atoms with Crippen molar-refractivity contribution in [2.45, 2.75) is 52.0 Å². The summed E-state index contributed by atoms with van der Waals surface area (Å²) in [5, 5.41) is 7.38. The zero-order valence-electron chi connectivity index (χ0n) is 12.1. The lowest BCUT2D eigenvalue weighted by molar-refractivity contribution is 0.222. The molecule has 1 atom stereocenters. The van der Waals surface area contributed by atoms with Crippen LogP contribution in [0.3, 0.4) is 0 Å². The molecule has 1 heterocycles. The first-order valence-corrected chi connectivity index (χ1v) is 8.88. The molecular weight excluding hydrogens is 240 g/mol. The zero-order valence-corrected chi connectivity index (χ0v) is 13.0. The molecular formula is C15H30N2S. The summed E-state index contributed by atoms with van der Waals surface area (Å²) in [6.45, 7) is 8.34. The van der Waals surface area contributed by atoms with Crippen LogP contribution in [0.5, 0.6) is 0 Å². The summed E-state index contributed by atoms with van der Waals surface area (Å²) in [4.78, 5) is 0. The van der Waals surface area contributed by atoms with Crippen molar-refractivity contribution in [3.8, 4) is 0 Å². The van der Waals surface area contributed by atoms with Gasteiger partial charge in [0.15, 0.2) is 0 Å². The Morgan fingerprint density at radius 1 is 1.33 bits per heavy atom. The number of thioether (sulfide) groups is 1. The third kappa shape index (κ3) is 4.43. The molecule has 0 aromatic heterocycles. The molecule has 1 unspecified atom stereocenters. The van der Waals surface area contributed by atoms with Gasteiger partial charge in [-0.05, 0) is 30.6 Å². The van der Waals surface area contributed by atoms with E-state index in [1.54, 1.807) is 0 Å². The highest BCUT2D eigenvalue weighted by Crippen LogP contribution is 2.42. The van der Waals surface area contributed by atoms with Gasteiger partial charge in [-0.2, -0.15) is 11.8 Å². The topological polar surface area (TPSA) is 24.1 Å². The van der Waals surface area contributed by atoms with Crippen LogP contribution in [0.15, 0.2) is 0 Å². The van der Waals surface area contributed by atoms with Crippen LogP contribution in [-0.4, -0.2) is 37.2 Å². The summed E-state index contributed by atoms with van der Waals surface area (Å²) < 4.78 is 0. The molecule has 1 aliphatic heterocycles. The lowest BCUT2D eigenvalue weighted by Gasteiger charge is -2.32. The van der Waals surface area contributed by atoms with Gasteiger partial charge < -0.3 is 10.6 Å². The van der Waals surface area contributed by atoms with Crippen LogP contribution in [-0.2, 0) is 0 Å². The van der Waals surface area contributed by atoms with Gasteiger partial charge in [-0.25, -0.2) is 0 Å². The quantitative estimate of drug-likeness (QED) is 0.776. The highest BCUT2D eigenvalue weighted by Gasteiger charge is 2.34. The van der Waals surface area contributed by atoms with Gasteiger partial charge in [0.1, 0.15) is 0 Å². The van der Waals surface area contributed by atoms with E-state index in [1.807, 2.05) is 0 Å². The van der Waals surface area contributed by atoms with E-state index in [2.05, 4.69) is 36.2 Å². The molecule has 1 aliphatic carbocycles. The van der Waals surface area contributed by atoms with Crippen LogP contribution < -0.4 is 10.6 Å². The number of rotatable bonds is 6. The molecule has 0 bridgehead atoms. The minimum absolute atomic E-state index is 0.621. The number of hydrogen-bond donors (Lipinski definition) is 2. The van der Waals surface area contributed by atoms with Gasteiger partial charge in [0, 0.05) is 37.2 Å². The lowest BCUT2D eigenvalue weighted by Crippen LogP contribution is -2.46. The van der Waals surface area contributed by atoms with Crippen LogP contribution >= 0.6 is 11.8 Å². The summed E-state index contributed by atoms with van der Waals surface area (Å²) in [6.07, 6.45) is 7.21. The van der Waals surface area contributed by atoms with Gasteiger partial charge in [0.2, 0.25) is 0 Å². The third-order valence-corrected chi connectivity index (χ3v) is 5.53.